The van der Waals surface area contributed by atoms with Crippen molar-refractivity contribution >= 4 is 23.4 Å². The average molecular weight is 405 g/mol. The van der Waals surface area contributed by atoms with Crippen molar-refractivity contribution in [2.24, 2.45) is 0 Å². The van der Waals surface area contributed by atoms with Crippen LogP contribution in [0.1, 0.15) is 26.6 Å². The average Bonchev–Trinajstić information content (AvgIpc) is 3.07. The zero-order chi connectivity index (χ0) is 20.3. The summed E-state index contributed by atoms with van der Waals surface area (Å²) in [6, 6.07) is 7.97. The number of methoxy groups -OCH3 is 1. The molecular weight excluding hydrogens is 376 g/mol. The molecule has 0 radical (unpaired) electrons. The van der Waals surface area contributed by atoms with Crippen LogP contribution >= 0.6 is 11.8 Å². The molecule has 2 aromatic rings. The maximum atomic E-state index is 12.6. The number of benzene rings is 1. The van der Waals surface area contributed by atoms with Crippen molar-refractivity contribution in [1.82, 2.24) is 19.8 Å². The minimum absolute atomic E-state index is 0.0879. The number of carbonyl (C=O) groups excluding carboxylic acids is 1. The summed E-state index contributed by atoms with van der Waals surface area (Å²) in [4.78, 5) is 16.8. The summed E-state index contributed by atoms with van der Waals surface area (Å²) >= 11 is 1.33. The number of anilines is 1. The minimum atomic E-state index is -0.195. The van der Waals surface area contributed by atoms with Crippen LogP contribution in [0.5, 0.6) is 5.75 Å². The number of para-hydroxylation sites is 2. The Morgan fingerprint density at radius 1 is 1.18 bits per heavy atom. The highest BCUT2D eigenvalue weighted by atomic mass is 32.2. The normalized spacial score (nSPS) is 15.0. The Morgan fingerprint density at radius 2 is 1.86 bits per heavy atom. The predicted molar refractivity (Wildman–Crippen MR) is 111 cm³/mol. The molecule has 1 aromatic heterocycles. The van der Waals surface area contributed by atoms with Gasteiger partial charge in [-0.2, -0.15) is 0 Å². The van der Waals surface area contributed by atoms with Gasteiger partial charge < -0.3 is 20.4 Å². The van der Waals surface area contributed by atoms with Gasteiger partial charge in [0.1, 0.15) is 5.75 Å². The number of piperazine rings is 1. The largest absolute Gasteiger partial charge is 0.495 e. The van der Waals surface area contributed by atoms with Crippen LogP contribution in [0.3, 0.4) is 0 Å². The molecule has 0 bridgehead atoms. The van der Waals surface area contributed by atoms with Gasteiger partial charge in [0.2, 0.25) is 11.1 Å². The number of thioether (sulfide) groups is 1. The van der Waals surface area contributed by atoms with Gasteiger partial charge in [-0.3, -0.25) is 4.79 Å². The fourth-order valence-electron chi connectivity index (χ4n) is 3.19. The highest BCUT2D eigenvalue weighted by molar-refractivity contribution is 7.99. The van der Waals surface area contributed by atoms with E-state index in [9.17, 15) is 4.79 Å². The molecule has 8 nitrogen and oxygen atoms in total. The van der Waals surface area contributed by atoms with Gasteiger partial charge in [-0.05, 0) is 12.1 Å². The first-order valence-corrected chi connectivity index (χ1v) is 10.3. The molecule has 0 atom stereocenters. The molecule has 2 N–H and O–H groups in total. The number of amides is 1. The van der Waals surface area contributed by atoms with Crippen LogP contribution in [-0.2, 0) is 10.2 Å². The second-order valence-corrected chi connectivity index (χ2v) is 8.70. The summed E-state index contributed by atoms with van der Waals surface area (Å²) in [5.74, 6) is 8.04. The fourth-order valence-corrected chi connectivity index (χ4v) is 3.95. The van der Waals surface area contributed by atoms with E-state index in [0.717, 1.165) is 24.5 Å². The number of carbonyl (C=O) groups is 1. The molecule has 0 spiro atoms. The molecule has 1 aliphatic heterocycles. The summed E-state index contributed by atoms with van der Waals surface area (Å²) in [5.41, 5.74) is 0.872. The smallest absolute Gasteiger partial charge is 0.233 e. The highest BCUT2D eigenvalue weighted by Gasteiger charge is 2.25. The van der Waals surface area contributed by atoms with Crippen LogP contribution in [0.4, 0.5) is 5.69 Å². The van der Waals surface area contributed by atoms with E-state index in [0.29, 0.717) is 29.8 Å². The molecule has 152 valence electrons. The number of aromatic nitrogens is 3. The van der Waals surface area contributed by atoms with Crippen LogP contribution < -0.4 is 15.5 Å². The van der Waals surface area contributed by atoms with Gasteiger partial charge >= 0.3 is 0 Å². The maximum Gasteiger partial charge on any atom is 0.233 e. The molecule has 1 aromatic carbocycles. The number of rotatable bonds is 5. The third-order valence-electron chi connectivity index (χ3n) is 4.72. The lowest BCUT2D eigenvalue weighted by molar-refractivity contribution is -0.128. The van der Waals surface area contributed by atoms with Crippen molar-refractivity contribution in [1.29, 1.82) is 0 Å². The Labute approximate surface area is 170 Å². The molecular formula is C19H28N6O2S. The number of nitrogens with zero attached hydrogens (tertiary/aromatic N) is 5. The first kappa shape index (κ1) is 20.3. The molecule has 9 heteroatoms. The van der Waals surface area contributed by atoms with Crippen molar-refractivity contribution in [2.45, 2.75) is 31.3 Å². The van der Waals surface area contributed by atoms with Crippen LogP contribution in [-0.4, -0.2) is 64.7 Å². The van der Waals surface area contributed by atoms with E-state index >= 15 is 0 Å². The molecule has 28 heavy (non-hydrogen) atoms. The Bertz CT molecular complexity index is 824. The summed E-state index contributed by atoms with van der Waals surface area (Å²) in [7, 11) is 1.68. The van der Waals surface area contributed by atoms with Gasteiger partial charge in [0.15, 0.2) is 5.82 Å². The van der Waals surface area contributed by atoms with E-state index in [1.54, 1.807) is 7.11 Å². The summed E-state index contributed by atoms with van der Waals surface area (Å²) in [6.45, 7) is 9.00. The molecule has 3 rings (SSSR count). The Kier molecular flexibility index (Phi) is 6.02. The molecule has 0 aliphatic carbocycles. The number of nitrogens with two attached hydrogens (primary N) is 1. The standard InChI is InChI=1S/C19H28N6O2S/c1-19(2,3)17-21-22-18(25(17)20)28-13-16(26)24-11-9-23(10-12-24)14-7-5-6-8-15(14)27-4/h5-8H,9-13,20H2,1-4H3. The monoisotopic (exact) mass is 404 g/mol. The first-order chi connectivity index (χ1) is 13.3. The van der Waals surface area contributed by atoms with Crippen molar-refractivity contribution in [3.05, 3.63) is 30.1 Å². The van der Waals surface area contributed by atoms with E-state index < -0.39 is 0 Å². The van der Waals surface area contributed by atoms with E-state index in [1.807, 2.05) is 49.9 Å². The molecule has 0 unspecified atom stereocenters. The van der Waals surface area contributed by atoms with Crippen molar-refractivity contribution < 1.29 is 9.53 Å². The van der Waals surface area contributed by atoms with E-state index in [2.05, 4.69) is 15.1 Å². The minimum Gasteiger partial charge on any atom is -0.495 e. The Morgan fingerprint density at radius 3 is 2.46 bits per heavy atom. The molecule has 1 fully saturated rings. The van der Waals surface area contributed by atoms with Crippen LogP contribution in [0.2, 0.25) is 0 Å². The fraction of sp³-hybridized carbons (Fsp3) is 0.526. The zero-order valence-electron chi connectivity index (χ0n) is 16.9. The molecule has 1 aliphatic rings. The second kappa shape index (κ2) is 8.30. The zero-order valence-corrected chi connectivity index (χ0v) is 17.7. The SMILES string of the molecule is COc1ccccc1N1CCN(C(=O)CSc2nnc(C(C)(C)C)n2N)CC1. The van der Waals surface area contributed by atoms with Gasteiger partial charge in [-0.1, -0.05) is 44.7 Å². The summed E-state index contributed by atoms with van der Waals surface area (Å²) in [5, 5.41) is 8.85. The Balaban J connectivity index is 1.54. The van der Waals surface area contributed by atoms with Crippen LogP contribution in [0.25, 0.3) is 0 Å². The maximum absolute atomic E-state index is 12.6. The van der Waals surface area contributed by atoms with Crippen molar-refractivity contribution in [2.75, 3.05) is 49.8 Å². The van der Waals surface area contributed by atoms with E-state index in [-0.39, 0.29) is 11.3 Å². The summed E-state index contributed by atoms with van der Waals surface area (Å²) in [6.07, 6.45) is 0. The van der Waals surface area contributed by atoms with Crippen LogP contribution in [0, 0.1) is 0 Å². The number of hydrogen-bond donors (Lipinski definition) is 1. The lowest BCUT2D eigenvalue weighted by Crippen LogP contribution is -2.49. The lowest BCUT2D eigenvalue weighted by atomic mass is 9.96. The van der Waals surface area contributed by atoms with Gasteiger partial charge in [-0.15, -0.1) is 10.2 Å². The van der Waals surface area contributed by atoms with Crippen molar-refractivity contribution in [3.8, 4) is 5.75 Å². The number of hydrogen-bond acceptors (Lipinski definition) is 7. The number of ether oxygens (including phenoxy) is 1. The molecule has 1 amide bonds. The lowest BCUT2D eigenvalue weighted by Gasteiger charge is -2.36. The first-order valence-electron chi connectivity index (χ1n) is 9.30. The van der Waals surface area contributed by atoms with E-state index in [1.165, 1.54) is 16.4 Å². The molecule has 0 saturated carbocycles. The molecule has 2 heterocycles. The third kappa shape index (κ3) is 4.35. The predicted octanol–water partition coefficient (Wildman–Crippen LogP) is 1.74. The topological polar surface area (TPSA) is 89.5 Å². The summed E-state index contributed by atoms with van der Waals surface area (Å²) < 4.78 is 6.93. The molecule has 1 saturated heterocycles. The van der Waals surface area contributed by atoms with Gasteiger partial charge in [0.05, 0.1) is 18.6 Å². The highest BCUT2D eigenvalue weighted by Crippen LogP contribution is 2.28. The number of nitrogen functional groups attached to an aromatic ring is 1. The van der Waals surface area contributed by atoms with Gasteiger partial charge in [-0.25, -0.2) is 4.68 Å². The van der Waals surface area contributed by atoms with Gasteiger partial charge in [0, 0.05) is 31.6 Å². The third-order valence-corrected chi connectivity index (χ3v) is 5.65. The van der Waals surface area contributed by atoms with Crippen molar-refractivity contribution in [3.63, 3.8) is 0 Å². The van der Waals surface area contributed by atoms with Gasteiger partial charge in [0.25, 0.3) is 0 Å². The van der Waals surface area contributed by atoms with Crippen LogP contribution in [0.15, 0.2) is 29.4 Å². The van der Waals surface area contributed by atoms with E-state index in [4.69, 9.17) is 10.6 Å². The second-order valence-electron chi connectivity index (χ2n) is 7.75. The quantitative estimate of drug-likeness (QED) is 0.600. The Hall–Kier alpha value is -2.42.